The summed E-state index contributed by atoms with van der Waals surface area (Å²) in [5, 5.41) is 3.34. The van der Waals surface area contributed by atoms with Crippen molar-refractivity contribution in [1.82, 2.24) is 10.2 Å². The summed E-state index contributed by atoms with van der Waals surface area (Å²) in [6.45, 7) is 2.40. The number of halogens is 1. The van der Waals surface area contributed by atoms with Crippen LogP contribution in [0.25, 0.3) is 0 Å². The van der Waals surface area contributed by atoms with Crippen LogP contribution in [0.5, 0.6) is 0 Å². The minimum absolute atomic E-state index is 0.228. The number of hydrogen-bond donors (Lipinski definition) is 2. The number of piperidine rings is 1. The lowest BCUT2D eigenvalue weighted by Gasteiger charge is -2.48. The molecule has 1 fully saturated rings. The number of nitrogens with one attached hydrogen (secondary N) is 1. The first-order valence-corrected chi connectivity index (χ1v) is 10.6. The van der Waals surface area contributed by atoms with E-state index in [1.165, 1.54) is 11.0 Å². The number of benzene rings is 2. The van der Waals surface area contributed by atoms with E-state index in [0.717, 1.165) is 31.6 Å². The van der Waals surface area contributed by atoms with Crippen molar-refractivity contribution < 1.29 is 14.0 Å². The second-order valence-corrected chi connectivity index (χ2v) is 8.18. The van der Waals surface area contributed by atoms with Gasteiger partial charge in [-0.05, 0) is 43.8 Å². The topological polar surface area (TPSA) is 91.0 Å². The maximum Gasteiger partial charge on any atom is 0.261 e. The number of carbonyl (C=O) groups excluding carboxylic acids is 2. The molecule has 1 saturated heterocycles. The molecule has 2 aromatic carbocycles. The number of nitrogens with two attached hydrogens (primary N) is 1. The van der Waals surface area contributed by atoms with Crippen LogP contribution in [-0.4, -0.2) is 54.4 Å². The van der Waals surface area contributed by atoms with Crippen LogP contribution in [0.3, 0.4) is 0 Å². The third-order valence-corrected chi connectivity index (χ3v) is 6.42. The van der Waals surface area contributed by atoms with Crippen molar-refractivity contribution in [2.24, 2.45) is 10.7 Å². The van der Waals surface area contributed by atoms with Crippen molar-refractivity contribution in [2.45, 2.75) is 24.9 Å². The van der Waals surface area contributed by atoms with Gasteiger partial charge in [-0.25, -0.2) is 9.38 Å². The van der Waals surface area contributed by atoms with Crippen LogP contribution < -0.4 is 16.0 Å². The molecule has 5 rings (SSSR count). The Bertz CT molecular complexity index is 1060. The molecule has 2 aromatic rings. The Morgan fingerprint density at radius 1 is 1.00 bits per heavy atom. The summed E-state index contributed by atoms with van der Waals surface area (Å²) in [5.41, 5.74) is 7.59. The largest absolute Gasteiger partial charge is 0.383 e. The molecule has 2 amide bonds. The van der Waals surface area contributed by atoms with Gasteiger partial charge in [-0.15, -0.1) is 0 Å². The van der Waals surface area contributed by atoms with Crippen LogP contribution in [-0.2, 0) is 0 Å². The third kappa shape index (κ3) is 3.09. The fourth-order valence-electron chi connectivity index (χ4n) is 4.92. The number of anilines is 1. The molecule has 0 aromatic heterocycles. The molecule has 3 heterocycles. The number of hydrogen-bond acceptors (Lipinski definition) is 6. The molecule has 0 aliphatic carbocycles. The monoisotopic (exact) mass is 421 g/mol. The standard InChI is InChI=1S/C23H24FN5O2/c24-17-7-3-8-18-19(17)20(25)27-23(9-11-26-12-10-23)29(18)14-4-13-28-21(30)15-5-1-2-6-16(15)22(28)31/h1-3,5-8,26H,4,9-14H2,(H2,25,27). The Labute approximate surface area is 179 Å². The number of aliphatic imine (C=N–C) groups is 1. The second-order valence-electron chi connectivity index (χ2n) is 8.18. The molecular weight excluding hydrogens is 397 g/mol. The highest BCUT2D eigenvalue weighted by molar-refractivity contribution is 6.21. The van der Waals surface area contributed by atoms with Gasteiger partial charge in [0.15, 0.2) is 0 Å². The van der Waals surface area contributed by atoms with Crippen LogP contribution in [0.4, 0.5) is 10.1 Å². The van der Waals surface area contributed by atoms with Crippen LogP contribution in [0.2, 0.25) is 0 Å². The molecule has 3 aliphatic heterocycles. The van der Waals surface area contributed by atoms with Gasteiger partial charge in [0.25, 0.3) is 11.8 Å². The Kier molecular flexibility index (Phi) is 4.74. The van der Waals surface area contributed by atoms with Crippen LogP contribution in [0, 0.1) is 5.82 Å². The molecule has 7 nitrogen and oxygen atoms in total. The Balaban J connectivity index is 1.39. The van der Waals surface area contributed by atoms with Gasteiger partial charge in [-0.2, -0.15) is 0 Å². The van der Waals surface area contributed by atoms with Gasteiger partial charge in [0.1, 0.15) is 17.3 Å². The summed E-state index contributed by atoms with van der Waals surface area (Å²) in [6.07, 6.45) is 2.04. The van der Waals surface area contributed by atoms with Gasteiger partial charge in [0.05, 0.1) is 22.4 Å². The molecule has 0 radical (unpaired) electrons. The van der Waals surface area contributed by atoms with Crippen LogP contribution >= 0.6 is 0 Å². The predicted octanol–water partition coefficient (Wildman–Crippen LogP) is 2.12. The van der Waals surface area contributed by atoms with Crippen molar-refractivity contribution >= 4 is 23.3 Å². The van der Waals surface area contributed by atoms with Gasteiger partial charge >= 0.3 is 0 Å². The summed E-state index contributed by atoms with van der Waals surface area (Å²) in [7, 11) is 0. The summed E-state index contributed by atoms with van der Waals surface area (Å²) < 4.78 is 14.6. The Morgan fingerprint density at radius 2 is 1.68 bits per heavy atom. The first-order valence-electron chi connectivity index (χ1n) is 10.6. The molecule has 0 unspecified atom stereocenters. The fourth-order valence-corrected chi connectivity index (χ4v) is 4.92. The maximum atomic E-state index is 14.6. The van der Waals surface area contributed by atoms with Gasteiger partial charge in [-0.1, -0.05) is 18.2 Å². The molecule has 31 heavy (non-hydrogen) atoms. The highest BCUT2D eigenvalue weighted by Crippen LogP contribution is 2.39. The molecule has 0 saturated carbocycles. The minimum Gasteiger partial charge on any atom is -0.383 e. The first-order chi connectivity index (χ1) is 15.0. The van der Waals surface area contributed by atoms with Crippen molar-refractivity contribution in [3.8, 4) is 0 Å². The highest BCUT2D eigenvalue weighted by Gasteiger charge is 2.43. The molecule has 3 N–H and O–H groups in total. The van der Waals surface area contributed by atoms with E-state index < -0.39 is 11.5 Å². The minimum atomic E-state index is -0.544. The third-order valence-electron chi connectivity index (χ3n) is 6.42. The maximum absolute atomic E-state index is 14.6. The second kappa shape index (κ2) is 7.46. The Hall–Kier alpha value is -3.26. The summed E-state index contributed by atoms with van der Waals surface area (Å²) >= 11 is 0. The van der Waals surface area contributed by atoms with E-state index in [0.29, 0.717) is 36.2 Å². The lowest BCUT2D eigenvalue weighted by molar-refractivity contribution is 0.0652. The quantitative estimate of drug-likeness (QED) is 0.738. The smallest absolute Gasteiger partial charge is 0.261 e. The number of carbonyl (C=O) groups is 2. The number of fused-ring (bicyclic) bond motifs is 2. The Morgan fingerprint density at radius 3 is 2.35 bits per heavy atom. The zero-order valence-electron chi connectivity index (χ0n) is 17.1. The summed E-state index contributed by atoms with van der Waals surface area (Å²) in [5.74, 6) is -0.687. The molecule has 8 heteroatoms. The van der Waals surface area contributed by atoms with E-state index in [1.807, 2.05) is 6.07 Å². The van der Waals surface area contributed by atoms with Gasteiger partial charge in [-0.3, -0.25) is 14.5 Å². The van der Waals surface area contributed by atoms with Crippen molar-refractivity contribution in [3.63, 3.8) is 0 Å². The molecule has 3 aliphatic rings. The molecule has 0 bridgehead atoms. The number of imide groups is 1. The zero-order chi connectivity index (χ0) is 21.6. The molecule has 0 atom stereocenters. The normalized spacial score (nSPS) is 19.5. The van der Waals surface area contributed by atoms with E-state index >= 15 is 0 Å². The van der Waals surface area contributed by atoms with Gasteiger partial charge in [0, 0.05) is 25.9 Å². The SMILES string of the molecule is NC1=NC2(CCNCC2)N(CCCN2C(=O)c3ccccc3C2=O)c2cccc(F)c21. The zero-order valence-corrected chi connectivity index (χ0v) is 17.1. The van der Waals surface area contributed by atoms with Crippen molar-refractivity contribution in [3.05, 3.63) is 65.0 Å². The molecule has 1 spiro atoms. The van der Waals surface area contributed by atoms with E-state index in [1.54, 1.807) is 30.3 Å². The molecular formula is C23H24FN5O2. The predicted molar refractivity (Wildman–Crippen MR) is 116 cm³/mol. The van der Waals surface area contributed by atoms with Crippen molar-refractivity contribution in [1.29, 1.82) is 0 Å². The van der Waals surface area contributed by atoms with E-state index in [2.05, 4.69) is 10.2 Å². The summed E-state index contributed by atoms with van der Waals surface area (Å²) in [4.78, 5) is 33.5. The number of rotatable bonds is 4. The van der Waals surface area contributed by atoms with Gasteiger partial charge in [0.2, 0.25) is 0 Å². The fraction of sp³-hybridized carbons (Fsp3) is 0.348. The number of nitrogens with zero attached hydrogens (tertiary/aromatic N) is 3. The highest BCUT2D eigenvalue weighted by atomic mass is 19.1. The van der Waals surface area contributed by atoms with Crippen molar-refractivity contribution in [2.75, 3.05) is 31.1 Å². The van der Waals surface area contributed by atoms with Crippen LogP contribution in [0.1, 0.15) is 45.5 Å². The van der Waals surface area contributed by atoms with Gasteiger partial charge < -0.3 is 16.0 Å². The van der Waals surface area contributed by atoms with E-state index in [-0.39, 0.29) is 17.6 Å². The lowest BCUT2D eigenvalue weighted by atomic mass is 9.91. The first kappa shape index (κ1) is 19.7. The number of amides is 2. The number of amidine groups is 1. The molecule has 160 valence electrons. The average molecular weight is 421 g/mol. The van der Waals surface area contributed by atoms with E-state index in [4.69, 9.17) is 10.7 Å². The van der Waals surface area contributed by atoms with Crippen LogP contribution in [0.15, 0.2) is 47.5 Å². The average Bonchev–Trinajstić information content (AvgIpc) is 3.01. The summed E-state index contributed by atoms with van der Waals surface area (Å²) in [6, 6.07) is 11.8. The lowest BCUT2D eigenvalue weighted by Crippen LogP contribution is -2.57. The van der Waals surface area contributed by atoms with E-state index in [9.17, 15) is 14.0 Å².